The van der Waals surface area contributed by atoms with Crippen molar-refractivity contribution in [1.82, 2.24) is 5.32 Å². The third-order valence-corrected chi connectivity index (χ3v) is 7.33. The van der Waals surface area contributed by atoms with E-state index in [-0.39, 0.29) is 0 Å². The van der Waals surface area contributed by atoms with Gasteiger partial charge < -0.3 is 5.32 Å². The molecule has 0 fully saturated rings. The quantitative estimate of drug-likeness (QED) is 0.276. The van der Waals surface area contributed by atoms with Gasteiger partial charge in [-0.15, -0.1) is 11.8 Å². The van der Waals surface area contributed by atoms with E-state index in [1.807, 2.05) is 61.6 Å². The molecule has 1 N–H and O–H groups in total. The van der Waals surface area contributed by atoms with Gasteiger partial charge in [-0.05, 0) is 48.4 Å². The number of nitrogens with one attached hydrogen (secondary N) is 1. The monoisotopic (exact) mass is 512 g/mol. The van der Waals surface area contributed by atoms with Crippen LogP contribution in [0.3, 0.4) is 0 Å². The predicted molar refractivity (Wildman–Crippen MR) is 153 cm³/mol. The molecule has 0 saturated carbocycles. The summed E-state index contributed by atoms with van der Waals surface area (Å²) in [4.78, 5) is 17.2. The molecule has 0 spiro atoms. The van der Waals surface area contributed by atoms with Crippen molar-refractivity contribution in [2.24, 2.45) is 4.99 Å². The molecule has 4 aromatic carbocycles. The molecule has 1 aliphatic rings. The van der Waals surface area contributed by atoms with Crippen LogP contribution in [0.1, 0.15) is 45.5 Å². The van der Waals surface area contributed by atoms with E-state index in [0.29, 0.717) is 16.5 Å². The molecule has 3 nitrogen and oxygen atoms in total. The number of likely N-dealkylation sites (N-methyl/N-ethyl adjacent to an activating group) is 1. The standard InChI is InChI=1S/C21H14ClNOS.C10H15N/c22-17-6-3-5-15(11-17)21-18-7-2-1-4-16(18)13-25-20-9-8-14(12-24)10-19(20)23-21;1-9(8-11-2)10-6-4-3-5-7-10/h1-12H,13H2;3-7,9,11H,8H2,1-2H3. The molecule has 0 aromatic heterocycles. The molecule has 1 heterocycles. The van der Waals surface area contributed by atoms with Crippen molar-refractivity contribution in [1.29, 1.82) is 0 Å². The first-order chi connectivity index (χ1) is 17.6. The number of aldehydes is 1. The van der Waals surface area contributed by atoms with E-state index in [0.717, 1.165) is 46.0 Å². The first-order valence-corrected chi connectivity index (χ1v) is 13.3. The molecule has 5 heteroatoms. The molecule has 5 rings (SSSR count). The van der Waals surface area contributed by atoms with Gasteiger partial charge in [0.15, 0.2) is 0 Å². The van der Waals surface area contributed by atoms with E-state index < -0.39 is 0 Å². The summed E-state index contributed by atoms with van der Waals surface area (Å²) in [5, 5.41) is 3.84. The Kier molecular flexibility index (Phi) is 9.12. The maximum absolute atomic E-state index is 11.2. The summed E-state index contributed by atoms with van der Waals surface area (Å²) in [6.45, 7) is 3.27. The van der Waals surface area contributed by atoms with Gasteiger partial charge in [0.05, 0.1) is 11.4 Å². The van der Waals surface area contributed by atoms with Crippen LogP contribution in [0.25, 0.3) is 0 Å². The Morgan fingerprint density at radius 3 is 2.50 bits per heavy atom. The van der Waals surface area contributed by atoms with E-state index in [1.54, 1.807) is 11.8 Å². The number of rotatable bonds is 5. The average molecular weight is 513 g/mol. The number of nitrogens with zero attached hydrogens (tertiary/aromatic N) is 1. The van der Waals surface area contributed by atoms with Gasteiger partial charge in [0.25, 0.3) is 0 Å². The third kappa shape index (κ3) is 6.52. The lowest BCUT2D eigenvalue weighted by molar-refractivity contribution is 0.112. The zero-order valence-electron chi connectivity index (χ0n) is 20.4. The van der Waals surface area contributed by atoms with Crippen LogP contribution in [-0.2, 0) is 5.75 Å². The van der Waals surface area contributed by atoms with E-state index in [9.17, 15) is 4.79 Å². The van der Waals surface area contributed by atoms with Crippen LogP contribution in [0.5, 0.6) is 0 Å². The average Bonchev–Trinajstić information content (AvgIpc) is 2.91. The van der Waals surface area contributed by atoms with Crippen molar-refractivity contribution < 1.29 is 4.79 Å². The number of halogens is 1. The number of aliphatic imine (C=N–C) groups is 1. The first kappa shape index (κ1) is 25.9. The summed E-state index contributed by atoms with van der Waals surface area (Å²) in [5.74, 6) is 1.46. The van der Waals surface area contributed by atoms with Gasteiger partial charge in [0.1, 0.15) is 6.29 Å². The van der Waals surface area contributed by atoms with Gasteiger partial charge in [0, 0.05) is 38.9 Å². The number of benzene rings is 4. The lowest BCUT2D eigenvalue weighted by Gasteiger charge is -2.17. The third-order valence-electron chi connectivity index (χ3n) is 5.98. The number of hydrogen-bond donors (Lipinski definition) is 1. The van der Waals surface area contributed by atoms with Crippen molar-refractivity contribution in [2.75, 3.05) is 13.6 Å². The normalized spacial score (nSPS) is 13.0. The van der Waals surface area contributed by atoms with E-state index >= 15 is 0 Å². The number of fused-ring (bicyclic) bond motifs is 2. The summed E-state index contributed by atoms with van der Waals surface area (Å²) in [5.41, 5.74) is 7.02. The molecule has 0 saturated heterocycles. The second-order valence-corrected chi connectivity index (χ2v) is 10.1. The lowest BCUT2D eigenvalue weighted by Crippen LogP contribution is -2.14. The molecule has 1 atom stereocenters. The molecule has 1 unspecified atom stereocenters. The number of hydrogen-bond acceptors (Lipinski definition) is 4. The van der Waals surface area contributed by atoms with E-state index in [2.05, 4.69) is 54.7 Å². The smallest absolute Gasteiger partial charge is 0.150 e. The van der Waals surface area contributed by atoms with Crippen molar-refractivity contribution in [2.45, 2.75) is 23.5 Å². The molecular weight excluding hydrogens is 484 g/mol. The second-order valence-electron chi connectivity index (χ2n) is 8.63. The van der Waals surface area contributed by atoms with Gasteiger partial charge in [-0.2, -0.15) is 0 Å². The van der Waals surface area contributed by atoms with Crippen LogP contribution in [0.15, 0.2) is 107 Å². The topological polar surface area (TPSA) is 41.5 Å². The largest absolute Gasteiger partial charge is 0.319 e. The van der Waals surface area contributed by atoms with Crippen LogP contribution in [-0.4, -0.2) is 25.6 Å². The lowest BCUT2D eigenvalue weighted by atomic mass is 9.98. The highest BCUT2D eigenvalue weighted by molar-refractivity contribution is 7.98. The number of carbonyl (C=O) groups is 1. The highest BCUT2D eigenvalue weighted by atomic mass is 35.5. The Morgan fingerprint density at radius 1 is 0.972 bits per heavy atom. The van der Waals surface area contributed by atoms with Gasteiger partial charge in [0.2, 0.25) is 0 Å². The zero-order chi connectivity index (χ0) is 25.3. The Balaban J connectivity index is 0.000000233. The number of thioether (sulfide) groups is 1. The Hall–Kier alpha value is -3.18. The van der Waals surface area contributed by atoms with E-state index in [1.165, 1.54) is 11.1 Å². The highest BCUT2D eigenvalue weighted by Gasteiger charge is 2.17. The fourth-order valence-electron chi connectivity index (χ4n) is 4.09. The molecule has 0 radical (unpaired) electrons. The summed E-state index contributed by atoms with van der Waals surface area (Å²) in [6.07, 6.45) is 0.853. The predicted octanol–water partition coefficient (Wildman–Crippen LogP) is 7.94. The summed E-state index contributed by atoms with van der Waals surface area (Å²) < 4.78 is 0. The highest BCUT2D eigenvalue weighted by Crippen LogP contribution is 2.37. The van der Waals surface area contributed by atoms with Gasteiger partial charge >= 0.3 is 0 Å². The fraction of sp³-hybridized carbons (Fsp3) is 0.161. The van der Waals surface area contributed by atoms with Crippen molar-refractivity contribution in [3.05, 3.63) is 130 Å². The van der Waals surface area contributed by atoms with Crippen LogP contribution in [0, 0.1) is 0 Å². The van der Waals surface area contributed by atoms with Gasteiger partial charge in [-0.25, -0.2) is 4.99 Å². The van der Waals surface area contributed by atoms with Crippen LogP contribution >= 0.6 is 23.4 Å². The molecule has 0 amide bonds. The summed E-state index contributed by atoms with van der Waals surface area (Å²) in [6, 6.07) is 32.2. The molecule has 0 aliphatic carbocycles. The van der Waals surface area contributed by atoms with Gasteiger partial charge in [-0.1, -0.05) is 91.3 Å². The SMILES string of the molecule is CNCC(C)c1ccccc1.O=Cc1ccc2c(c1)N=C(c1cccc(Cl)c1)c1ccccc1CS2. The Bertz CT molecular complexity index is 1350. The Morgan fingerprint density at radius 2 is 1.75 bits per heavy atom. The minimum atomic E-state index is 0.612. The molecular formula is C31H29ClN2OS. The zero-order valence-corrected chi connectivity index (χ0v) is 22.0. The maximum Gasteiger partial charge on any atom is 0.150 e. The van der Waals surface area contributed by atoms with Crippen molar-refractivity contribution in [3.63, 3.8) is 0 Å². The minimum Gasteiger partial charge on any atom is -0.319 e. The summed E-state index contributed by atoms with van der Waals surface area (Å²) in [7, 11) is 1.99. The molecule has 0 bridgehead atoms. The van der Waals surface area contributed by atoms with Crippen LogP contribution < -0.4 is 5.32 Å². The van der Waals surface area contributed by atoms with Crippen molar-refractivity contribution in [3.8, 4) is 0 Å². The molecule has 4 aromatic rings. The molecule has 36 heavy (non-hydrogen) atoms. The molecule has 1 aliphatic heterocycles. The summed E-state index contributed by atoms with van der Waals surface area (Å²) >= 11 is 7.94. The van der Waals surface area contributed by atoms with Crippen LogP contribution in [0.4, 0.5) is 5.69 Å². The van der Waals surface area contributed by atoms with E-state index in [4.69, 9.17) is 16.6 Å². The van der Waals surface area contributed by atoms with Gasteiger partial charge in [-0.3, -0.25) is 4.79 Å². The first-order valence-electron chi connectivity index (χ1n) is 11.9. The fourth-order valence-corrected chi connectivity index (χ4v) is 5.26. The maximum atomic E-state index is 11.2. The van der Waals surface area contributed by atoms with Crippen molar-refractivity contribution >= 4 is 41.0 Å². The van der Waals surface area contributed by atoms with Crippen LogP contribution in [0.2, 0.25) is 5.02 Å². The minimum absolute atomic E-state index is 0.612. The molecule has 182 valence electrons. The second kappa shape index (κ2) is 12.7. The Labute approximate surface area is 222 Å². The number of carbonyl (C=O) groups excluding carboxylic acids is 1.